The number of carbonyl (C=O) groups excluding carboxylic acids is 1. The molecule has 0 aliphatic carbocycles. The van der Waals surface area contributed by atoms with Gasteiger partial charge in [-0.05, 0) is 30.7 Å². The molecular formula is C20H19F3N6O. The van der Waals surface area contributed by atoms with E-state index in [0.717, 1.165) is 17.3 Å². The Labute approximate surface area is 170 Å². The van der Waals surface area contributed by atoms with Gasteiger partial charge in [0, 0.05) is 25.9 Å². The molecule has 0 saturated heterocycles. The third-order valence-corrected chi connectivity index (χ3v) is 4.79. The molecule has 7 nitrogen and oxygen atoms in total. The van der Waals surface area contributed by atoms with Crippen LogP contribution in [0.3, 0.4) is 0 Å². The summed E-state index contributed by atoms with van der Waals surface area (Å²) in [5, 5.41) is 9.66. The van der Waals surface area contributed by atoms with E-state index in [4.69, 9.17) is 0 Å². The van der Waals surface area contributed by atoms with Crippen LogP contribution in [-0.4, -0.2) is 34.3 Å². The van der Waals surface area contributed by atoms with Crippen LogP contribution in [0.15, 0.2) is 42.6 Å². The first kappa shape index (κ1) is 19.7. The van der Waals surface area contributed by atoms with Crippen LogP contribution < -0.4 is 15.5 Å². The van der Waals surface area contributed by atoms with Crippen molar-refractivity contribution in [3.05, 3.63) is 59.5 Å². The summed E-state index contributed by atoms with van der Waals surface area (Å²) in [4.78, 5) is 18.1. The Hall–Kier alpha value is -3.56. The highest BCUT2D eigenvalue weighted by Gasteiger charge is 2.33. The molecule has 1 amide bonds. The number of rotatable bonds is 4. The molecule has 156 valence electrons. The van der Waals surface area contributed by atoms with Gasteiger partial charge in [0.15, 0.2) is 5.69 Å². The number of anilines is 3. The van der Waals surface area contributed by atoms with E-state index in [1.54, 1.807) is 12.1 Å². The number of hydrogen-bond acceptors (Lipinski definition) is 5. The molecule has 0 radical (unpaired) electrons. The van der Waals surface area contributed by atoms with Crippen LogP contribution in [0, 0.1) is 6.92 Å². The fourth-order valence-corrected chi connectivity index (χ4v) is 3.26. The van der Waals surface area contributed by atoms with Gasteiger partial charge in [-0.15, -0.1) is 0 Å². The van der Waals surface area contributed by atoms with Crippen LogP contribution in [0.25, 0.3) is 5.69 Å². The Morgan fingerprint density at radius 1 is 1.20 bits per heavy atom. The largest absolute Gasteiger partial charge is 0.435 e. The first-order valence-corrected chi connectivity index (χ1v) is 9.19. The maximum atomic E-state index is 12.7. The summed E-state index contributed by atoms with van der Waals surface area (Å²) in [5.74, 6) is 0.593. The monoisotopic (exact) mass is 416 g/mol. The molecule has 1 aliphatic heterocycles. The number of nitrogens with one attached hydrogen (secondary N) is 2. The predicted octanol–water partition coefficient (Wildman–Crippen LogP) is 3.59. The summed E-state index contributed by atoms with van der Waals surface area (Å²) in [7, 11) is 1.85. The van der Waals surface area contributed by atoms with Gasteiger partial charge in [-0.2, -0.15) is 18.3 Å². The van der Waals surface area contributed by atoms with Crippen LogP contribution in [0.1, 0.15) is 17.0 Å². The van der Waals surface area contributed by atoms with Crippen LogP contribution in [0.2, 0.25) is 0 Å². The minimum Gasteiger partial charge on any atom is -0.366 e. The minimum atomic E-state index is -4.47. The summed E-state index contributed by atoms with van der Waals surface area (Å²) in [6, 6.07) is 9.86. The van der Waals surface area contributed by atoms with E-state index in [2.05, 4.69) is 20.7 Å². The second-order valence-electron chi connectivity index (χ2n) is 7.05. The summed E-state index contributed by atoms with van der Waals surface area (Å²) < 4.78 is 39.3. The summed E-state index contributed by atoms with van der Waals surface area (Å²) in [5.41, 5.74) is 2.85. The van der Waals surface area contributed by atoms with Crippen molar-refractivity contribution in [3.8, 4) is 5.69 Å². The van der Waals surface area contributed by atoms with E-state index in [0.29, 0.717) is 29.4 Å². The molecule has 30 heavy (non-hydrogen) atoms. The molecule has 0 saturated carbocycles. The maximum absolute atomic E-state index is 12.7. The van der Waals surface area contributed by atoms with Crippen molar-refractivity contribution in [2.24, 2.45) is 0 Å². The van der Waals surface area contributed by atoms with Gasteiger partial charge in [-0.25, -0.2) is 9.67 Å². The molecule has 1 aliphatic rings. The molecule has 2 aromatic heterocycles. The van der Waals surface area contributed by atoms with Gasteiger partial charge in [0.05, 0.1) is 29.3 Å². The van der Waals surface area contributed by atoms with Gasteiger partial charge in [-0.1, -0.05) is 12.1 Å². The molecule has 0 spiro atoms. The third kappa shape index (κ3) is 3.93. The topological polar surface area (TPSA) is 75.1 Å². The molecule has 3 heterocycles. The molecule has 1 aromatic carbocycles. The highest BCUT2D eigenvalue weighted by molar-refractivity contribution is 6.02. The summed E-state index contributed by atoms with van der Waals surface area (Å²) in [6.45, 7) is 2.59. The highest BCUT2D eigenvalue weighted by Crippen LogP contribution is 2.33. The highest BCUT2D eigenvalue weighted by atomic mass is 19.4. The zero-order valence-corrected chi connectivity index (χ0v) is 16.3. The number of likely N-dealkylation sites (N-methyl/N-ethyl adjacent to an activating group) is 1. The zero-order chi connectivity index (χ0) is 21.5. The van der Waals surface area contributed by atoms with Gasteiger partial charge >= 0.3 is 6.18 Å². The van der Waals surface area contributed by atoms with Gasteiger partial charge in [0.25, 0.3) is 0 Å². The van der Waals surface area contributed by atoms with Crippen molar-refractivity contribution in [2.75, 3.05) is 29.1 Å². The van der Waals surface area contributed by atoms with Gasteiger partial charge in [0.1, 0.15) is 5.82 Å². The van der Waals surface area contributed by atoms with E-state index in [1.165, 1.54) is 10.9 Å². The zero-order valence-electron chi connectivity index (χ0n) is 16.3. The van der Waals surface area contributed by atoms with Crippen LogP contribution in [-0.2, 0) is 17.5 Å². The number of halogens is 3. The Kier molecular flexibility index (Phi) is 4.84. The van der Waals surface area contributed by atoms with Crippen molar-refractivity contribution in [2.45, 2.75) is 19.6 Å². The standard InChI is InChI=1S/C20H19F3N6O/c1-12-19-15(28(2)11-18(30)26-19)9-17(25-12)24-10-13-3-5-14(6-4-13)29-8-7-16(27-29)20(21,22)23/h3-9H,10-11H2,1-2H3,(H,24,25)(H,26,30). The second kappa shape index (κ2) is 7.36. The van der Waals surface area contributed by atoms with E-state index >= 15 is 0 Å². The van der Waals surface area contributed by atoms with E-state index in [-0.39, 0.29) is 12.5 Å². The van der Waals surface area contributed by atoms with Crippen LogP contribution >= 0.6 is 0 Å². The number of pyridine rings is 1. The molecule has 10 heteroatoms. The number of alkyl halides is 3. The molecule has 3 aromatic rings. The number of benzene rings is 1. The first-order valence-electron chi connectivity index (χ1n) is 9.19. The lowest BCUT2D eigenvalue weighted by atomic mass is 10.2. The lowest BCUT2D eigenvalue weighted by Crippen LogP contribution is -2.36. The third-order valence-electron chi connectivity index (χ3n) is 4.79. The van der Waals surface area contributed by atoms with Gasteiger partial charge in [-0.3, -0.25) is 4.79 Å². The Balaban J connectivity index is 1.46. The number of amides is 1. The molecule has 0 fully saturated rings. The van der Waals surface area contributed by atoms with Crippen LogP contribution in [0.5, 0.6) is 0 Å². The maximum Gasteiger partial charge on any atom is 0.435 e. The molecule has 0 unspecified atom stereocenters. The Bertz CT molecular complexity index is 1090. The summed E-state index contributed by atoms with van der Waals surface area (Å²) in [6.07, 6.45) is -3.18. The van der Waals surface area contributed by atoms with Gasteiger partial charge in [0.2, 0.25) is 5.91 Å². The van der Waals surface area contributed by atoms with E-state index in [9.17, 15) is 18.0 Å². The van der Waals surface area contributed by atoms with Crippen molar-refractivity contribution in [3.63, 3.8) is 0 Å². The van der Waals surface area contributed by atoms with Crippen molar-refractivity contribution >= 4 is 23.1 Å². The Morgan fingerprint density at radius 2 is 1.93 bits per heavy atom. The van der Waals surface area contributed by atoms with Crippen molar-refractivity contribution < 1.29 is 18.0 Å². The average molecular weight is 416 g/mol. The number of carbonyl (C=O) groups is 1. The van der Waals surface area contributed by atoms with E-state index < -0.39 is 11.9 Å². The molecule has 0 atom stereocenters. The summed E-state index contributed by atoms with van der Waals surface area (Å²) >= 11 is 0. The number of hydrogen-bond donors (Lipinski definition) is 2. The quantitative estimate of drug-likeness (QED) is 0.680. The lowest BCUT2D eigenvalue weighted by Gasteiger charge is -2.28. The smallest absolute Gasteiger partial charge is 0.366 e. The molecule has 4 rings (SSSR count). The van der Waals surface area contributed by atoms with Gasteiger partial charge < -0.3 is 15.5 Å². The molecule has 2 N–H and O–H groups in total. The first-order chi connectivity index (χ1) is 14.2. The molecular weight excluding hydrogens is 397 g/mol. The van der Waals surface area contributed by atoms with Crippen LogP contribution in [0.4, 0.5) is 30.4 Å². The minimum absolute atomic E-state index is 0.0739. The predicted molar refractivity (Wildman–Crippen MR) is 107 cm³/mol. The number of aromatic nitrogens is 3. The Morgan fingerprint density at radius 3 is 2.60 bits per heavy atom. The van der Waals surface area contributed by atoms with E-state index in [1.807, 2.05) is 37.1 Å². The number of fused-ring (bicyclic) bond motifs is 1. The fraction of sp³-hybridized carbons (Fsp3) is 0.250. The average Bonchev–Trinajstić information content (AvgIpc) is 3.18. The number of nitrogens with zero attached hydrogens (tertiary/aromatic N) is 4. The lowest BCUT2D eigenvalue weighted by molar-refractivity contribution is -0.141. The van der Waals surface area contributed by atoms with Crippen molar-refractivity contribution in [1.29, 1.82) is 0 Å². The number of aryl methyl sites for hydroxylation is 1. The SMILES string of the molecule is Cc1nc(NCc2ccc(-n3ccc(C(F)(F)F)n3)cc2)cc2c1NC(=O)CN2C. The molecule has 0 bridgehead atoms. The fourth-order valence-electron chi connectivity index (χ4n) is 3.26. The second-order valence-corrected chi connectivity index (χ2v) is 7.05. The normalized spacial score (nSPS) is 13.8. The van der Waals surface area contributed by atoms with Crippen molar-refractivity contribution in [1.82, 2.24) is 14.8 Å².